The topological polar surface area (TPSA) is 90.6 Å². The lowest BCUT2D eigenvalue weighted by atomic mass is 10.0. The predicted octanol–water partition coefficient (Wildman–Crippen LogP) is 6.17. The van der Waals surface area contributed by atoms with Crippen LogP contribution < -0.4 is 14.4 Å². The molecule has 2 aromatic carbocycles. The molecule has 1 amide bonds. The monoisotopic (exact) mass is 520 g/mol. The van der Waals surface area contributed by atoms with Crippen molar-refractivity contribution in [3.05, 3.63) is 82.8 Å². The lowest BCUT2D eigenvalue weighted by Crippen LogP contribution is -2.31. The molecule has 0 aliphatic carbocycles. The van der Waals surface area contributed by atoms with Crippen LogP contribution in [0.25, 0.3) is 21.5 Å². The van der Waals surface area contributed by atoms with E-state index in [0.29, 0.717) is 49.8 Å². The third-order valence-corrected chi connectivity index (χ3v) is 7.07. The van der Waals surface area contributed by atoms with E-state index in [1.807, 2.05) is 30.3 Å². The number of anilines is 1. The van der Waals surface area contributed by atoms with Crippen LogP contribution in [0.5, 0.6) is 11.5 Å². The molecule has 3 aromatic heterocycles. The smallest absolute Gasteiger partial charge is 0.266 e. The summed E-state index contributed by atoms with van der Waals surface area (Å²) in [7, 11) is 3.17. The van der Waals surface area contributed by atoms with Crippen LogP contribution in [0.1, 0.15) is 21.7 Å². The molecule has 8 nitrogen and oxygen atoms in total. The number of thiazole rings is 1. The molecule has 0 fully saturated rings. The van der Waals surface area contributed by atoms with Crippen LogP contribution in [0, 0.1) is 6.92 Å². The Morgan fingerprint density at radius 1 is 1.08 bits per heavy atom. The van der Waals surface area contributed by atoms with Gasteiger partial charge in [0.2, 0.25) is 0 Å². The first-order chi connectivity index (χ1) is 17.5. The molecule has 0 N–H and O–H groups in total. The normalized spacial score (nSPS) is 11.0. The number of hydrogen-bond acceptors (Lipinski definition) is 8. The maximum absolute atomic E-state index is 14.2. The molecule has 5 aromatic rings. The number of fused-ring (bicyclic) bond motifs is 1. The minimum atomic E-state index is -0.329. The number of amides is 1. The van der Waals surface area contributed by atoms with Crippen molar-refractivity contribution in [1.29, 1.82) is 0 Å². The number of benzene rings is 2. The summed E-state index contributed by atoms with van der Waals surface area (Å²) in [6, 6.07) is 14.5. The van der Waals surface area contributed by atoms with Crippen molar-refractivity contribution in [2.75, 3.05) is 19.1 Å². The third kappa shape index (κ3) is 4.27. The zero-order valence-electron chi connectivity index (χ0n) is 19.7. The van der Waals surface area contributed by atoms with Crippen LogP contribution in [0.4, 0.5) is 5.13 Å². The van der Waals surface area contributed by atoms with Gasteiger partial charge in [0.25, 0.3) is 5.91 Å². The van der Waals surface area contributed by atoms with Gasteiger partial charge in [0.1, 0.15) is 38.7 Å². The number of methoxy groups -OCH3 is 2. The maximum Gasteiger partial charge on any atom is 0.266 e. The van der Waals surface area contributed by atoms with Gasteiger partial charge in [0.15, 0.2) is 5.13 Å². The average molecular weight is 521 g/mol. The molecule has 0 atom stereocenters. The Kier molecular flexibility index (Phi) is 6.58. The molecule has 0 aliphatic rings. The number of halogens is 1. The third-order valence-electron chi connectivity index (χ3n) is 5.64. The van der Waals surface area contributed by atoms with E-state index in [0.717, 1.165) is 10.3 Å². The van der Waals surface area contributed by atoms with E-state index >= 15 is 0 Å². The molecule has 0 spiro atoms. The summed E-state index contributed by atoms with van der Waals surface area (Å²) in [6.07, 6.45) is 3.40. The predicted molar refractivity (Wildman–Crippen MR) is 139 cm³/mol. The van der Waals surface area contributed by atoms with Crippen LogP contribution >= 0.6 is 22.9 Å². The summed E-state index contributed by atoms with van der Waals surface area (Å²) in [4.78, 5) is 24.8. The van der Waals surface area contributed by atoms with E-state index < -0.39 is 0 Å². The highest BCUT2D eigenvalue weighted by Crippen LogP contribution is 2.41. The zero-order chi connectivity index (χ0) is 25.2. The van der Waals surface area contributed by atoms with Gasteiger partial charge in [-0.2, -0.15) is 0 Å². The van der Waals surface area contributed by atoms with Gasteiger partial charge in [-0.1, -0.05) is 52.4 Å². The van der Waals surface area contributed by atoms with Gasteiger partial charge in [-0.25, -0.2) is 4.98 Å². The quantitative estimate of drug-likeness (QED) is 0.253. The SMILES string of the molecule is COc1ccc(OC)c2sc(N(Cc3cccnc3)C(=O)c3c(-c4ccccc4Cl)noc3C)nc12. The second kappa shape index (κ2) is 9.96. The van der Waals surface area contributed by atoms with Gasteiger partial charge in [-0.05, 0) is 36.8 Å². The number of pyridine rings is 1. The number of aryl methyl sites for hydroxylation is 1. The summed E-state index contributed by atoms with van der Waals surface area (Å²) in [6.45, 7) is 1.93. The van der Waals surface area contributed by atoms with Crippen LogP contribution in [0.15, 0.2) is 65.4 Å². The zero-order valence-corrected chi connectivity index (χ0v) is 21.3. The van der Waals surface area contributed by atoms with E-state index in [9.17, 15) is 4.79 Å². The van der Waals surface area contributed by atoms with E-state index in [1.54, 1.807) is 56.6 Å². The molecule has 0 aliphatic heterocycles. The molecule has 36 heavy (non-hydrogen) atoms. The van der Waals surface area contributed by atoms with Gasteiger partial charge in [-0.3, -0.25) is 14.7 Å². The molecule has 3 heterocycles. The van der Waals surface area contributed by atoms with E-state index in [1.165, 1.54) is 11.3 Å². The highest BCUT2D eigenvalue weighted by Gasteiger charge is 2.30. The van der Waals surface area contributed by atoms with Gasteiger partial charge < -0.3 is 14.0 Å². The Morgan fingerprint density at radius 3 is 2.58 bits per heavy atom. The number of nitrogens with zero attached hydrogens (tertiary/aromatic N) is 4. The van der Waals surface area contributed by atoms with E-state index in [2.05, 4.69) is 10.1 Å². The molecule has 0 saturated carbocycles. The fraction of sp³-hybridized carbons (Fsp3) is 0.154. The minimum absolute atomic E-state index is 0.226. The van der Waals surface area contributed by atoms with Gasteiger partial charge in [-0.15, -0.1) is 0 Å². The molecule has 0 bridgehead atoms. The molecular weight excluding hydrogens is 500 g/mol. The van der Waals surface area contributed by atoms with Crippen molar-refractivity contribution in [3.63, 3.8) is 0 Å². The van der Waals surface area contributed by atoms with Crippen molar-refractivity contribution in [2.45, 2.75) is 13.5 Å². The molecular formula is C26H21ClN4O4S. The minimum Gasteiger partial charge on any atom is -0.495 e. The number of carbonyl (C=O) groups excluding carboxylic acids is 1. The van der Waals surface area contributed by atoms with Crippen LogP contribution in [0.2, 0.25) is 5.02 Å². The Morgan fingerprint density at radius 2 is 1.86 bits per heavy atom. The Hall–Kier alpha value is -3.95. The average Bonchev–Trinajstić information content (AvgIpc) is 3.51. The van der Waals surface area contributed by atoms with Crippen molar-refractivity contribution in [2.24, 2.45) is 0 Å². The van der Waals surface area contributed by atoms with Crippen LogP contribution in [0.3, 0.4) is 0 Å². The Balaban J connectivity index is 1.67. The summed E-state index contributed by atoms with van der Waals surface area (Å²) in [5.41, 5.74) is 2.72. The number of ether oxygens (including phenoxy) is 2. The molecule has 0 unspecified atom stereocenters. The number of aromatic nitrogens is 3. The second-order valence-corrected chi connectivity index (χ2v) is 9.22. The highest BCUT2D eigenvalue weighted by molar-refractivity contribution is 7.22. The Bertz CT molecular complexity index is 1510. The summed E-state index contributed by atoms with van der Waals surface area (Å²) >= 11 is 7.77. The lowest BCUT2D eigenvalue weighted by molar-refractivity contribution is 0.0984. The first kappa shape index (κ1) is 23.8. The van der Waals surface area contributed by atoms with Crippen molar-refractivity contribution < 1.29 is 18.8 Å². The first-order valence-electron chi connectivity index (χ1n) is 10.9. The molecule has 182 valence electrons. The van der Waals surface area contributed by atoms with Gasteiger partial charge >= 0.3 is 0 Å². The first-order valence-corrected chi connectivity index (χ1v) is 12.1. The lowest BCUT2D eigenvalue weighted by Gasteiger charge is -2.20. The molecule has 5 rings (SSSR count). The fourth-order valence-corrected chi connectivity index (χ4v) is 5.18. The largest absolute Gasteiger partial charge is 0.495 e. The summed E-state index contributed by atoms with van der Waals surface area (Å²) < 4.78 is 17.3. The number of hydrogen-bond donors (Lipinski definition) is 0. The summed E-state index contributed by atoms with van der Waals surface area (Å²) in [5, 5.41) is 5.10. The number of rotatable bonds is 7. The highest BCUT2D eigenvalue weighted by atomic mass is 35.5. The number of carbonyl (C=O) groups is 1. The maximum atomic E-state index is 14.2. The van der Waals surface area contributed by atoms with Crippen molar-refractivity contribution >= 4 is 44.2 Å². The van der Waals surface area contributed by atoms with Crippen molar-refractivity contribution in [1.82, 2.24) is 15.1 Å². The van der Waals surface area contributed by atoms with E-state index in [4.69, 9.17) is 30.6 Å². The molecule has 0 saturated heterocycles. The van der Waals surface area contributed by atoms with Crippen LogP contribution in [-0.2, 0) is 6.54 Å². The molecule has 0 radical (unpaired) electrons. The second-order valence-electron chi connectivity index (χ2n) is 7.84. The standard InChI is InChI=1S/C26H21ClN4O4S/c1-15-21(22(30-35-15)17-8-4-5-9-18(17)27)25(32)31(14-16-7-6-12-28-13-16)26-29-23-19(33-2)10-11-20(34-3)24(23)36-26/h4-13H,14H2,1-3H3. The van der Waals surface area contributed by atoms with Crippen LogP contribution in [-0.4, -0.2) is 35.3 Å². The molecule has 10 heteroatoms. The van der Waals surface area contributed by atoms with Gasteiger partial charge in [0.05, 0.1) is 25.8 Å². The van der Waals surface area contributed by atoms with Crippen molar-refractivity contribution in [3.8, 4) is 22.8 Å². The Labute approximate surface area is 216 Å². The van der Waals surface area contributed by atoms with Gasteiger partial charge in [0, 0.05) is 18.0 Å². The van der Waals surface area contributed by atoms with E-state index in [-0.39, 0.29) is 12.5 Å². The fourth-order valence-electron chi connectivity index (χ4n) is 3.89. The summed E-state index contributed by atoms with van der Waals surface area (Å²) in [5.74, 6) is 1.27.